The Labute approximate surface area is 202 Å². The molecule has 3 atom stereocenters. The predicted molar refractivity (Wildman–Crippen MR) is 136 cm³/mol. The van der Waals surface area contributed by atoms with Crippen LogP contribution in [0.2, 0.25) is 0 Å². The Bertz CT molecular complexity index is 1260. The average molecular weight is 443 g/mol. The van der Waals surface area contributed by atoms with Gasteiger partial charge in [0.15, 0.2) is 0 Å². The maximum atomic E-state index is 4.41. The van der Waals surface area contributed by atoms with E-state index in [-0.39, 0.29) is 5.41 Å². The van der Waals surface area contributed by atoms with Crippen molar-refractivity contribution in [3.05, 3.63) is 138 Å². The number of benzene rings is 3. The zero-order valence-corrected chi connectivity index (χ0v) is 19.4. The summed E-state index contributed by atoms with van der Waals surface area (Å²) >= 11 is 0. The minimum Gasteiger partial charge on any atom is -0.291 e. The highest BCUT2D eigenvalue weighted by Crippen LogP contribution is 2.82. The Hall–Kier alpha value is -3.23. The zero-order chi connectivity index (χ0) is 22.6. The molecule has 1 aliphatic heterocycles. The number of hydrogen-bond donors (Lipinski definition) is 0. The van der Waals surface area contributed by atoms with Crippen molar-refractivity contribution in [1.82, 2.24) is 9.88 Å². The first-order valence-electron chi connectivity index (χ1n) is 12.6. The van der Waals surface area contributed by atoms with Gasteiger partial charge in [-0.3, -0.25) is 9.88 Å². The summed E-state index contributed by atoms with van der Waals surface area (Å²) in [4.78, 5) is 7.18. The van der Waals surface area contributed by atoms with Crippen molar-refractivity contribution in [2.45, 2.75) is 36.8 Å². The minimum atomic E-state index is 0.251. The molecule has 0 amide bonds. The largest absolute Gasteiger partial charge is 0.291 e. The molecule has 3 saturated carbocycles. The number of rotatable bonds is 5. The minimum absolute atomic E-state index is 0.251. The van der Waals surface area contributed by atoms with Crippen LogP contribution in [0.1, 0.15) is 47.1 Å². The Kier molecular flexibility index (Phi) is 4.54. The normalized spacial score (nSPS) is 31.7. The van der Waals surface area contributed by atoms with Crippen LogP contribution in [0.3, 0.4) is 0 Å². The van der Waals surface area contributed by atoms with Crippen LogP contribution in [0.5, 0.6) is 0 Å². The van der Waals surface area contributed by atoms with Crippen molar-refractivity contribution in [2.24, 2.45) is 11.3 Å². The molecule has 1 spiro atoms. The summed E-state index contributed by atoms with van der Waals surface area (Å²) in [5.41, 5.74) is 6.41. The van der Waals surface area contributed by atoms with Crippen LogP contribution in [0.25, 0.3) is 0 Å². The second kappa shape index (κ2) is 7.65. The van der Waals surface area contributed by atoms with E-state index in [9.17, 15) is 0 Å². The molecule has 4 fully saturated rings. The summed E-state index contributed by atoms with van der Waals surface area (Å²) in [5, 5.41) is 0. The standard InChI is InChI=1S/C32H30N2/c1-4-12-25(13-5-1)29-28-21-34(20-24-11-10-18-33-19-24)30(26-14-6-2-7-15-26)32(28)22-31(29,23-32)27-16-8-3-9-17-27/h1-19,28-30H,20-23H2/t28-,29?,30-,31?,32?/m1/s1. The van der Waals surface area contributed by atoms with Crippen LogP contribution in [0, 0.1) is 11.3 Å². The first-order valence-corrected chi connectivity index (χ1v) is 12.6. The summed E-state index contributed by atoms with van der Waals surface area (Å²) < 4.78 is 0. The summed E-state index contributed by atoms with van der Waals surface area (Å²) in [6.45, 7) is 2.11. The number of hydrogen-bond acceptors (Lipinski definition) is 2. The van der Waals surface area contributed by atoms with Gasteiger partial charge in [-0.05, 0) is 58.4 Å². The van der Waals surface area contributed by atoms with E-state index in [1.165, 1.54) is 35.1 Å². The Morgan fingerprint density at radius 3 is 2.03 bits per heavy atom. The molecule has 3 aromatic carbocycles. The lowest BCUT2D eigenvalue weighted by Gasteiger charge is -2.53. The SMILES string of the molecule is c1ccc(C2[C@H]3CN(Cc4cccnc4)[C@H](c4ccccc4)C34CC2(c2ccccc2)C4)cc1. The highest BCUT2D eigenvalue weighted by molar-refractivity contribution is 5.48. The smallest absolute Gasteiger partial charge is 0.0412 e. The maximum Gasteiger partial charge on any atom is 0.0412 e. The molecule has 4 aliphatic rings. The third kappa shape index (κ3) is 2.82. The predicted octanol–water partition coefficient (Wildman–Crippen LogP) is 6.77. The molecule has 0 N–H and O–H groups in total. The molecular formula is C32H30N2. The second-order valence-corrected chi connectivity index (χ2v) is 10.7. The van der Waals surface area contributed by atoms with Crippen LogP contribution in [0.15, 0.2) is 116 Å². The molecule has 4 aromatic rings. The third-order valence-electron chi connectivity index (χ3n) is 9.10. The Morgan fingerprint density at radius 2 is 1.38 bits per heavy atom. The van der Waals surface area contributed by atoms with Gasteiger partial charge in [0.2, 0.25) is 0 Å². The highest BCUT2D eigenvalue weighted by atomic mass is 15.2. The van der Waals surface area contributed by atoms with E-state index >= 15 is 0 Å². The van der Waals surface area contributed by atoms with Gasteiger partial charge >= 0.3 is 0 Å². The first-order chi connectivity index (χ1) is 16.8. The number of nitrogens with zero attached hydrogens (tertiary/aromatic N) is 2. The van der Waals surface area contributed by atoms with Crippen molar-refractivity contribution in [3.8, 4) is 0 Å². The Morgan fingerprint density at radius 1 is 0.735 bits per heavy atom. The summed E-state index contributed by atoms with van der Waals surface area (Å²) in [6, 6.07) is 38.8. The summed E-state index contributed by atoms with van der Waals surface area (Å²) in [6.07, 6.45) is 6.47. The van der Waals surface area contributed by atoms with Gasteiger partial charge in [-0.1, -0.05) is 97.1 Å². The molecule has 34 heavy (non-hydrogen) atoms. The fraction of sp³-hybridized carbons (Fsp3) is 0.281. The average Bonchev–Trinajstić information content (AvgIpc) is 3.44. The molecule has 8 rings (SSSR count). The van der Waals surface area contributed by atoms with E-state index in [0.29, 0.717) is 23.3 Å². The lowest BCUT2D eigenvalue weighted by Crippen LogP contribution is -2.47. The van der Waals surface area contributed by atoms with Crippen LogP contribution in [-0.4, -0.2) is 16.4 Å². The molecule has 2 heterocycles. The van der Waals surface area contributed by atoms with Crippen molar-refractivity contribution in [2.75, 3.05) is 6.54 Å². The van der Waals surface area contributed by atoms with Crippen molar-refractivity contribution in [1.29, 1.82) is 0 Å². The van der Waals surface area contributed by atoms with Gasteiger partial charge in [0, 0.05) is 36.9 Å². The number of likely N-dealkylation sites (tertiary alicyclic amines) is 1. The number of pyridine rings is 1. The summed E-state index contributed by atoms with van der Waals surface area (Å²) in [7, 11) is 0. The van der Waals surface area contributed by atoms with Crippen molar-refractivity contribution in [3.63, 3.8) is 0 Å². The van der Waals surface area contributed by atoms with E-state index in [0.717, 1.165) is 13.1 Å². The van der Waals surface area contributed by atoms with Crippen LogP contribution >= 0.6 is 0 Å². The van der Waals surface area contributed by atoms with Gasteiger partial charge < -0.3 is 0 Å². The van der Waals surface area contributed by atoms with Crippen LogP contribution in [-0.2, 0) is 12.0 Å². The van der Waals surface area contributed by atoms with Crippen molar-refractivity contribution < 1.29 is 0 Å². The fourth-order valence-electron chi connectivity index (χ4n) is 8.15. The van der Waals surface area contributed by atoms with E-state index < -0.39 is 0 Å². The topological polar surface area (TPSA) is 16.1 Å². The molecule has 2 nitrogen and oxygen atoms in total. The second-order valence-electron chi connectivity index (χ2n) is 10.7. The van der Waals surface area contributed by atoms with Crippen molar-refractivity contribution >= 4 is 0 Å². The van der Waals surface area contributed by atoms with Gasteiger partial charge in [0.1, 0.15) is 0 Å². The van der Waals surface area contributed by atoms with E-state index in [4.69, 9.17) is 0 Å². The molecule has 0 radical (unpaired) electrons. The van der Waals surface area contributed by atoms with Gasteiger partial charge in [-0.2, -0.15) is 0 Å². The molecule has 2 bridgehead atoms. The maximum absolute atomic E-state index is 4.41. The summed E-state index contributed by atoms with van der Waals surface area (Å²) in [5.74, 6) is 1.21. The molecule has 2 heteroatoms. The molecule has 1 saturated heterocycles. The highest BCUT2D eigenvalue weighted by Gasteiger charge is 2.77. The van der Waals surface area contributed by atoms with E-state index in [1.54, 1.807) is 0 Å². The monoisotopic (exact) mass is 442 g/mol. The first kappa shape index (κ1) is 20.2. The molecule has 1 unspecified atom stereocenters. The molecule has 1 aromatic heterocycles. The zero-order valence-electron chi connectivity index (χ0n) is 19.4. The molecule has 3 aliphatic carbocycles. The van der Waals surface area contributed by atoms with Gasteiger partial charge in [0.25, 0.3) is 0 Å². The van der Waals surface area contributed by atoms with Gasteiger partial charge in [0.05, 0.1) is 0 Å². The van der Waals surface area contributed by atoms with Gasteiger partial charge in [-0.25, -0.2) is 0 Å². The third-order valence-corrected chi connectivity index (χ3v) is 9.10. The van der Waals surface area contributed by atoms with E-state index in [1.807, 2.05) is 12.4 Å². The molecule has 168 valence electrons. The lowest BCUT2D eigenvalue weighted by molar-refractivity contribution is 0.0296. The van der Waals surface area contributed by atoms with Gasteiger partial charge in [-0.15, -0.1) is 0 Å². The Balaban J connectivity index is 1.36. The number of aromatic nitrogens is 1. The molecular weight excluding hydrogens is 412 g/mol. The quantitative estimate of drug-likeness (QED) is 0.339. The lowest BCUT2D eigenvalue weighted by atomic mass is 9.52. The van der Waals surface area contributed by atoms with Crippen LogP contribution in [0.4, 0.5) is 0 Å². The van der Waals surface area contributed by atoms with Crippen LogP contribution < -0.4 is 0 Å². The fourth-order valence-corrected chi connectivity index (χ4v) is 8.15. The van der Waals surface area contributed by atoms with E-state index in [2.05, 4.69) is 113 Å².